The third-order valence-electron chi connectivity index (χ3n) is 4.07. The largest absolute Gasteiger partial charge is 0.355 e. The van der Waals surface area contributed by atoms with Gasteiger partial charge in [-0.3, -0.25) is 4.79 Å². The molecule has 0 spiro atoms. The fourth-order valence-electron chi connectivity index (χ4n) is 2.24. The molecule has 2 N–H and O–H groups in total. The first-order chi connectivity index (χ1) is 9.04. The van der Waals surface area contributed by atoms with Crippen LogP contribution in [0.4, 0.5) is 0 Å². The summed E-state index contributed by atoms with van der Waals surface area (Å²) in [7, 11) is 0. The van der Waals surface area contributed by atoms with Crippen LogP contribution in [0.5, 0.6) is 0 Å². The standard InChI is InChI=1S/C16H24N2O/c1-4-12-5-7-14(8-6-12)16(2,3)15(19)18-11-13-9-17-10-13/h5-8,13,17H,4,9-11H2,1-3H3,(H,18,19). The van der Waals surface area contributed by atoms with Gasteiger partial charge in [0.25, 0.3) is 0 Å². The molecule has 3 nitrogen and oxygen atoms in total. The van der Waals surface area contributed by atoms with Crippen LogP contribution in [0.3, 0.4) is 0 Å². The molecule has 0 radical (unpaired) electrons. The summed E-state index contributed by atoms with van der Waals surface area (Å²) in [4.78, 5) is 12.3. The number of carbonyl (C=O) groups excluding carboxylic acids is 1. The Morgan fingerprint density at radius 3 is 2.42 bits per heavy atom. The molecule has 3 heteroatoms. The molecular formula is C16H24N2O. The van der Waals surface area contributed by atoms with E-state index < -0.39 is 5.41 Å². The first-order valence-corrected chi connectivity index (χ1v) is 7.12. The molecule has 0 atom stereocenters. The molecule has 1 heterocycles. The second-order valence-electron chi connectivity index (χ2n) is 5.91. The maximum atomic E-state index is 12.3. The topological polar surface area (TPSA) is 41.1 Å². The fourth-order valence-corrected chi connectivity index (χ4v) is 2.24. The van der Waals surface area contributed by atoms with Crippen molar-refractivity contribution in [1.29, 1.82) is 0 Å². The van der Waals surface area contributed by atoms with Gasteiger partial charge in [-0.25, -0.2) is 0 Å². The van der Waals surface area contributed by atoms with Gasteiger partial charge in [-0.2, -0.15) is 0 Å². The Kier molecular flexibility index (Phi) is 4.25. The van der Waals surface area contributed by atoms with Gasteiger partial charge >= 0.3 is 0 Å². The lowest BCUT2D eigenvalue weighted by atomic mass is 9.83. The van der Waals surface area contributed by atoms with Crippen LogP contribution in [0.1, 0.15) is 31.9 Å². The Morgan fingerprint density at radius 1 is 1.32 bits per heavy atom. The SMILES string of the molecule is CCc1ccc(C(C)(C)C(=O)NCC2CNC2)cc1. The molecule has 1 aliphatic rings. The second-order valence-corrected chi connectivity index (χ2v) is 5.91. The maximum absolute atomic E-state index is 12.3. The van der Waals surface area contributed by atoms with Gasteiger partial charge in [-0.05, 0) is 31.4 Å². The third-order valence-corrected chi connectivity index (χ3v) is 4.07. The van der Waals surface area contributed by atoms with Crippen LogP contribution < -0.4 is 10.6 Å². The van der Waals surface area contributed by atoms with Gasteiger partial charge < -0.3 is 10.6 Å². The maximum Gasteiger partial charge on any atom is 0.230 e. The van der Waals surface area contributed by atoms with Crippen molar-refractivity contribution >= 4 is 5.91 Å². The summed E-state index contributed by atoms with van der Waals surface area (Å²) in [6.07, 6.45) is 1.03. The molecule has 0 aromatic heterocycles. The number of rotatable bonds is 5. The van der Waals surface area contributed by atoms with Gasteiger partial charge in [0.1, 0.15) is 0 Å². The van der Waals surface area contributed by atoms with Crippen molar-refractivity contribution < 1.29 is 4.79 Å². The van der Waals surface area contributed by atoms with Crippen molar-refractivity contribution in [2.75, 3.05) is 19.6 Å². The Balaban J connectivity index is 1.99. The predicted molar refractivity (Wildman–Crippen MR) is 78.2 cm³/mol. The molecule has 19 heavy (non-hydrogen) atoms. The van der Waals surface area contributed by atoms with Crippen molar-refractivity contribution in [3.63, 3.8) is 0 Å². The van der Waals surface area contributed by atoms with Gasteiger partial charge in [0.15, 0.2) is 0 Å². The van der Waals surface area contributed by atoms with E-state index in [2.05, 4.69) is 41.8 Å². The molecule has 1 aromatic carbocycles. The van der Waals surface area contributed by atoms with Gasteiger partial charge in [-0.1, -0.05) is 31.2 Å². The van der Waals surface area contributed by atoms with E-state index in [0.29, 0.717) is 5.92 Å². The molecule has 1 amide bonds. The zero-order chi connectivity index (χ0) is 13.9. The normalized spacial score (nSPS) is 15.9. The third kappa shape index (κ3) is 3.16. The summed E-state index contributed by atoms with van der Waals surface area (Å²) < 4.78 is 0. The molecular weight excluding hydrogens is 236 g/mol. The van der Waals surface area contributed by atoms with Crippen LogP contribution >= 0.6 is 0 Å². The number of amides is 1. The number of hydrogen-bond donors (Lipinski definition) is 2. The summed E-state index contributed by atoms with van der Waals surface area (Å²) in [5.74, 6) is 0.714. The second kappa shape index (κ2) is 5.74. The van der Waals surface area contributed by atoms with Gasteiger partial charge in [-0.15, -0.1) is 0 Å². The van der Waals surface area contributed by atoms with E-state index in [1.165, 1.54) is 5.56 Å². The van der Waals surface area contributed by atoms with Gasteiger partial charge in [0.2, 0.25) is 5.91 Å². The van der Waals surface area contributed by atoms with E-state index in [1.54, 1.807) is 0 Å². The van der Waals surface area contributed by atoms with Gasteiger partial charge in [0, 0.05) is 25.6 Å². The zero-order valence-electron chi connectivity index (χ0n) is 12.1. The van der Waals surface area contributed by atoms with Crippen LogP contribution in [-0.4, -0.2) is 25.5 Å². The zero-order valence-corrected chi connectivity index (χ0v) is 12.1. The first kappa shape index (κ1) is 14.1. The summed E-state index contributed by atoms with van der Waals surface area (Å²) in [5, 5.41) is 6.29. The number of hydrogen-bond acceptors (Lipinski definition) is 2. The number of aryl methyl sites for hydroxylation is 1. The lowest BCUT2D eigenvalue weighted by Crippen LogP contribution is -2.50. The summed E-state index contributed by atoms with van der Waals surface area (Å²) in [6.45, 7) is 8.93. The summed E-state index contributed by atoms with van der Waals surface area (Å²) in [5.41, 5.74) is 1.91. The summed E-state index contributed by atoms with van der Waals surface area (Å²) in [6, 6.07) is 8.37. The molecule has 104 valence electrons. The first-order valence-electron chi connectivity index (χ1n) is 7.12. The molecule has 2 rings (SSSR count). The van der Waals surface area contributed by atoms with Crippen molar-refractivity contribution in [2.45, 2.75) is 32.6 Å². The molecule has 0 unspecified atom stereocenters. The number of carbonyl (C=O) groups is 1. The lowest BCUT2D eigenvalue weighted by molar-refractivity contribution is -0.125. The molecule has 0 aliphatic carbocycles. The Hall–Kier alpha value is -1.35. The highest BCUT2D eigenvalue weighted by Crippen LogP contribution is 2.24. The Bertz CT molecular complexity index is 433. The molecule has 1 aromatic rings. The highest BCUT2D eigenvalue weighted by atomic mass is 16.2. The average Bonchev–Trinajstić information content (AvgIpc) is 2.36. The van der Waals surface area contributed by atoms with E-state index in [1.807, 2.05) is 13.8 Å². The van der Waals surface area contributed by atoms with Gasteiger partial charge in [0.05, 0.1) is 5.41 Å². The molecule has 0 saturated carbocycles. The van der Waals surface area contributed by atoms with E-state index in [0.717, 1.165) is 31.6 Å². The Morgan fingerprint density at radius 2 is 1.95 bits per heavy atom. The molecule has 1 fully saturated rings. The lowest BCUT2D eigenvalue weighted by Gasteiger charge is -2.30. The van der Waals surface area contributed by atoms with E-state index in [-0.39, 0.29) is 5.91 Å². The van der Waals surface area contributed by atoms with Crippen molar-refractivity contribution in [1.82, 2.24) is 10.6 Å². The van der Waals surface area contributed by atoms with Crippen LogP contribution in [0, 0.1) is 5.92 Å². The van der Waals surface area contributed by atoms with E-state index in [4.69, 9.17) is 0 Å². The smallest absolute Gasteiger partial charge is 0.230 e. The monoisotopic (exact) mass is 260 g/mol. The molecule has 1 saturated heterocycles. The molecule has 1 aliphatic heterocycles. The Labute approximate surface area is 115 Å². The van der Waals surface area contributed by atoms with Crippen molar-refractivity contribution in [3.05, 3.63) is 35.4 Å². The minimum atomic E-state index is -0.469. The quantitative estimate of drug-likeness (QED) is 0.848. The van der Waals surface area contributed by atoms with E-state index in [9.17, 15) is 4.79 Å². The number of benzene rings is 1. The highest BCUT2D eigenvalue weighted by Gasteiger charge is 2.30. The predicted octanol–water partition coefficient (Wildman–Crippen LogP) is 1.86. The minimum Gasteiger partial charge on any atom is -0.355 e. The minimum absolute atomic E-state index is 0.114. The van der Waals surface area contributed by atoms with Crippen molar-refractivity contribution in [2.24, 2.45) is 5.92 Å². The fraction of sp³-hybridized carbons (Fsp3) is 0.562. The van der Waals surface area contributed by atoms with Crippen LogP contribution in [0.2, 0.25) is 0 Å². The average molecular weight is 260 g/mol. The van der Waals surface area contributed by atoms with Crippen LogP contribution in [0.15, 0.2) is 24.3 Å². The van der Waals surface area contributed by atoms with Crippen LogP contribution in [-0.2, 0) is 16.6 Å². The van der Waals surface area contributed by atoms with Crippen molar-refractivity contribution in [3.8, 4) is 0 Å². The summed E-state index contributed by atoms with van der Waals surface area (Å²) >= 11 is 0. The highest BCUT2D eigenvalue weighted by molar-refractivity contribution is 5.87. The van der Waals surface area contributed by atoms with Crippen LogP contribution in [0.25, 0.3) is 0 Å². The van der Waals surface area contributed by atoms with E-state index >= 15 is 0 Å². The number of nitrogens with one attached hydrogen (secondary N) is 2. The molecule has 0 bridgehead atoms.